The predicted octanol–water partition coefficient (Wildman–Crippen LogP) is 6.49. The molecule has 0 bridgehead atoms. The second-order valence-electron chi connectivity index (χ2n) is 10.3. The molecule has 0 radical (unpaired) electrons. The molecule has 2 aromatic carbocycles. The smallest absolute Gasteiger partial charge is 0.203 e. The van der Waals surface area contributed by atoms with E-state index < -0.39 is 0 Å². The van der Waals surface area contributed by atoms with Crippen molar-refractivity contribution < 1.29 is 23.7 Å². The van der Waals surface area contributed by atoms with Crippen LogP contribution in [-0.4, -0.2) is 59.6 Å². The molecule has 1 aliphatic carbocycles. The summed E-state index contributed by atoms with van der Waals surface area (Å²) in [6.45, 7) is 5.66. The van der Waals surface area contributed by atoms with E-state index in [4.69, 9.17) is 23.7 Å². The third-order valence-electron chi connectivity index (χ3n) is 8.41. The first kappa shape index (κ1) is 29.1. The Kier molecular flexibility index (Phi) is 9.58. The van der Waals surface area contributed by atoms with Crippen LogP contribution in [0.3, 0.4) is 0 Å². The molecule has 0 aromatic heterocycles. The molecule has 2 aliphatic rings. The van der Waals surface area contributed by atoms with Crippen molar-refractivity contribution in [3.8, 4) is 28.7 Å². The SMILES string of the molecule is COc1ccc(C2(CNC(C)C(C)C3(c4cc(OC)c(OC)c(OC)c4)SCCCS3)CCC2)cc1OC. The fourth-order valence-corrected chi connectivity index (χ4v) is 9.43. The largest absolute Gasteiger partial charge is 0.493 e. The number of ether oxygens (including phenoxy) is 5. The molecule has 1 N–H and O–H groups in total. The lowest BCUT2D eigenvalue weighted by Gasteiger charge is -2.47. The highest BCUT2D eigenvalue weighted by atomic mass is 32.2. The summed E-state index contributed by atoms with van der Waals surface area (Å²) in [5, 5.41) is 3.98. The van der Waals surface area contributed by atoms with Crippen LogP contribution in [0.4, 0.5) is 0 Å². The zero-order chi connectivity index (χ0) is 27.3. The summed E-state index contributed by atoms with van der Waals surface area (Å²) >= 11 is 4.10. The first-order chi connectivity index (χ1) is 18.4. The van der Waals surface area contributed by atoms with Crippen molar-refractivity contribution in [2.45, 2.75) is 55.1 Å². The highest BCUT2D eigenvalue weighted by Crippen LogP contribution is 2.58. The van der Waals surface area contributed by atoms with Crippen LogP contribution in [0, 0.1) is 5.92 Å². The van der Waals surface area contributed by atoms with E-state index in [1.165, 1.54) is 36.8 Å². The minimum Gasteiger partial charge on any atom is -0.493 e. The van der Waals surface area contributed by atoms with Crippen LogP contribution in [0.15, 0.2) is 30.3 Å². The summed E-state index contributed by atoms with van der Waals surface area (Å²) in [7, 11) is 8.43. The van der Waals surface area contributed by atoms with Gasteiger partial charge in [-0.25, -0.2) is 0 Å². The summed E-state index contributed by atoms with van der Waals surface area (Å²) in [6.07, 6.45) is 4.83. The molecule has 2 fully saturated rings. The topological polar surface area (TPSA) is 58.2 Å². The van der Waals surface area contributed by atoms with Crippen LogP contribution in [0.2, 0.25) is 0 Å². The molecule has 4 rings (SSSR count). The highest BCUT2D eigenvalue weighted by Gasteiger charge is 2.45. The first-order valence-electron chi connectivity index (χ1n) is 13.4. The van der Waals surface area contributed by atoms with E-state index in [0.29, 0.717) is 29.2 Å². The average molecular weight is 562 g/mol. The minimum absolute atomic E-state index is 0.117. The molecule has 1 saturated carbocycles. The van der Waals surface area contributed by atoms with Gasteiger partial charge in [0.1, 0.15) is 0 Å². The van der Waals surface area contributed by atoms with Gasteiger partial charge >= 0.3 is 0 Å². The Morgan fingerprint density at radius 1 is 0.737 bits per heavy atom. The molecule has 2 aromatic rings. The van der Waals surface area contributed by atoms with Crippen LogP contribution in [0.25, 0.3) is 0 Å². The van der Waals surface area contributed by atoms with Crippen molar-refractivity contribution in [1.82, 2.24) is 5.32 Å². The van der Waals surface area contributed by atoms with Crippen molar-refractivity contribution in [3.63, 3.8) is 0 Å². The number of rotatable bonds is 12. The third kappa shape index (κ3) is 5.41. The Hall–Kier alpha value is -1.90. The summed E-state index contributed by atoms with van der Waals surface area (Å²) in [6, 6.07) is 11.0. The van der Waals surface area contributed by atoms with Gasteiger partial charge in [-0.1, -0.05) is 19.4 Å². The van der Waals surface area contributed by atoms with Crippen molar-refractivity contribution in [2.75, 3.05) is 53.6 Å². The molecule has 210 valence electrons. The van der Waals surface area contributed by atoms with E-state index in [1.807, 2.05) is 6.07 Å². The fourth-order valence-electron chi connectivity index (χ4n) is 5.72. The van der Waals surface area contributed by atoms with Gasteiger partial charge in [0.05, 0.1) is 39.6 Å². The van der Waals surface area contributed by atoms with Crippen molar-refractivity contribution in [2.24, 2.45) is 5.92 Å². The quantitative estimate of drug-likeness (QED) is 0.316. The van der Waals surface area contributed by atoms with Gasteiger partial charge in [-0.05, 0) is 79.0 Å². The Bertz CT molecular complexity index is 1060. The van der Waals surface area contributed by atoms with Crippen LogP contribution >= 0.6 is 23.5 Å². The summed E-state index contributed by atoms with van der Waals surface area (Å²) in [5.41, 5.74) is 2.68. The van der Waals surface area contributed by atoms with Gasteiger partial charge < -0.3 is 29.0 Å². The summed E-state index contributed by atoms with van der Waals surface area (Å²) < 4.78 is 28.1. The lowest BCUT2D eigenvalue weighted by molar-refractivity contribution is 0.214. The van der Waals surface area contributed by atoms with Crippen LogP contribution < -0.4 is 29.0 Å². The van der Waals surface area contributed by atoms with Crippen molar-refractivity contribution in [3.05, 3.63) is 41.5 Å². The van der Waals surface area contributed by atoms with Gasteiger partial charge in [0.15, 0.2) is 23.0 Å². The third-order valence-corrected chi connectivity index (χ3v) is 12.2. The van der Waals surface area contributed by atoms with Gasteiger partial charge in [-0.15, -0.1) is 23.5 Å². The van der Waals surface area contributed by atoms with Gasteiger partial charge in [-0.3, -0.25) is 0 Å². The minimum atomic E-state index is -0.117. The average Bonchev–Trinajstić information content (AvgIpc) is 2.95. The lowest BCUT2D eigenvalue weighted by Crippen LogP contribution is -2.50. The fraction of sp³-hybridized carbons (Fsp3) is 0.600. The van der Waals surface area contributed by atoms with Gasteiger partial charge in [-0.2, -0.15) is 0 Å². The Morgan fingerprint density at radius 2 is 1.32 bits per heavy atom. The van der Waals surface area contributed by atoms with Gasteiger partial charge in [0.25, 0.3) is 0 Å². The van der Waals surface area contributed by atoms with Crippen LogP contribution in [0.5, 0.6) is 28.7 Å². The summed E-state index contributed by atoms with van der Waals surface area (Å²) in [4.78, 5) is 0. The number of methoxy groups -OCH3 is 5. The molecule has 2 atom stereocenters. The second kappa shape index (κ2) is 12.5. The molecule has 6 nitrogen and oxygen atoms in total. The number of hydrogen-bond donors (Lipinski definition) is 1. The number of benzene rings is 2. The molecule has 8 heteroatoms. The van der Waals surface area contributed by atoms with Gasteiger partial charge in [0, 0.05) is 18.0 Å². The molecular weight excluding hydrogens is 518 g/mol. The Balaban J connectivity index is 1.59. The van der Waals surface area contributed by atoms with Crippen LogP contribution in [-0.2, 0) is 9.49 Å². The standard InChI is InChI=1S/C30H43NO5S2/c1-20(21(2)31-19-29(12-8-13-29)22-10-11-24(32-3)25(16-22)33-4)30(37-14-9-15-38-30)23-17-26(34-5)28(36-7)27(18-23)35-6/h10-11,16-18,20-21,31H,8-9,12-15,19H2,1-7H3. The molecule has 0 spiro atoms. The molecule has 1 saturated heterocycles. The molecule has 1 aliphatic heterocycles. The summed E-state index contributed by atoms with van der Waals surface area (Å²) in [5.74, 6) is 6.26. The van der Waals surface area contributed by atoms with Crippen LogP contribution in [0.1, 0.15) is 50.7 Å². The zero-order valence-electron chi connectivity index (χ0n) is 23.8. The maximum atomic E-state index is 5.74. The molecule has 2 unspecified atom stereocenters. The molecule has 1 heterocycles. The van der Waals surface area contributed by atoms with E-state index in [0.717, 1.165) is 29.5 Å². The predicted molar refractivity (Wildman–Crippen MR) is 159 cm³/mol. The maximum Gasteiger partial charge on any atom is 0.203 e. The number of thioether (sulfide) groups is 2. The van der Waals surface area contributed by atoms with E-state index in [2.05, 4.69) is 67.0 Å². The number of nitrogens with one attached hydrogen (secondary N) is 1. The first-order valence-corrected chi connectivity index (χ1v) is 15.4. The molecule has 0 amide bonds. The normalized spacial score (nSPS) is 19.6. The van der Waals surface area contributed by atoms with Gasteiger partial charge in [0.2, 0.25) is 5.75 Å². The van der Waals surface area contributed by atoms with E-state index in [9.17, 15) is 0 Å². The Morgan fingerprint density at radius 3 is 1.82 bits per heavy atom. The molecule has 38 heavy (non-hydrogen) atoms. The number of hydrogen-bond acceptors (Lipinski definition) is 8. The maximum absolute atomic E-state index is 5.74. The molecular formula is C30H43NO5S2. The van der Waals surface area contributed by atoms with E-state index in [-0.39, 0.29) is 9.49 Å². The monoisotopic (exact) mass is 561 g/mol. The van der Waals surface area contributed by atoms with E-state index in [1.54, 1.807) is 35.5 Å². The second-order valence-corrected chi connectivity index (χ2v) is 13.2. The Labute approximate surface area is 236 Å². The highest BCUT2D eigenvalue weighted by molar-refractivity contribution is 8.18. The zero-order valence-corrected chi connectivity index (χ0v) is 25.5. The lowest BCUT2D eigenvalue weighted by atomic mass is 9.64. The van der Waals surface area contributed by atoms with E-state index >= 15 is 0 Å². The van der Waals surface area contributed by atoms with Crippen molar-refractivity contribution in [1.29, 1.82) is 0 Å². The van der Waals surface area contributed by atoms with Crippen molar-refractivity contribution >= 4 is 23.5 Å².